The lowest BCUT2D eigenvalue weighted by Crippen LogP contribution is -2.34. The molecular weight excluding hydrogens is 386 g/mol. The van der Waals surface area contributed by atoms with Crippen LogP contribution in [0.5, 0.6) is 0 Å². The summed E-state index contributed by atoms with van der Waals surface area (Å²) in [7, 11) is 0.779. The van der Waals surface area contributed by atoms with E-state index in [1.807, 2.05) is 14.1 Å². The van der Waals surface area contributed by atoms with E-state index >= 15 is 0 Å². The minimum absolute atomic E-state index is 0.0684. The molecule has 1 atom stereocenters. The van der Waals surface area contributed by atoms with Gasteiger partial charge in [0, 0.05) is 18.7 Å². The molecule has 1 unspecified atom stereocenters. The number of hydrogen-bond acceptors (Lipinski definition) is 4. The van der Waals surface area contributed by atoms with Gasteiger partial charge in [0.15, 0.2) is 0 Å². The third-order valence-electron chi connectivity index (χ3n) is 5.37. The third kappa shape index (κ3) is 4.97. The van der Waals surface area contributed by atoms with Crippen LogP contribution in [0.4, 0.5) is 5.69 Å². The summed E-state index contributed by atoms with van der Waals surface area (Å²) in [5.74, 6) is 0.0123. The number of anilines is 1. The molecular formula is C22H29N3O3S. The Kier molecular flexibility index (Phi) is 6.59. The van der Waals surface area contributed by atoms with Gasteiger partial charge in [-0.15, -0.1) is 0 Å². The molecule has 0 bridgehead atoms. The molecule has 1 saturated heterocycles. The van der Waals surface area contributed by atoms with Crippen molar-refractivity contribution < 1.29 is 13.2 Å². The summed E-state index contributed by atoms with van der Waals surface area (Å²) >= 11 is 0. The Labute approximate surface area is 173 Å². The number of sulfonamides is 1. The maximum absolute atomic E-state index is 12.6. The van der Waals surface area contributed by atoms with Crippen LogP contribution >= 0.6 is 0 Å². The lowest BCUT2D eigenvalue weighted by Gasteiger charge is -2.25. The van der Waals surface area contributed by atoms with Crippen LogP contribution in [0.25, 0.3) is 0 Å². The van der Waals surface area contributed by atoms with E-state index in [0.29, 0.717) is 30.8 Å². The highest BCUT2D eigenvalue weighted by atomic mass is 32.2. The number of carbonyl (C=O) groups excluding carboxylic acids is 1. The highest BCUT2D eigenvalue weighted by molar-refractivity contribution is 7.93. The van der Waals surface area contributed by atoms with E-state index in [4.69, 9.17) is 0 Å². The molecule has 156 valence electrons. The van der Waals surface area contributed by atoms with Crippen molar-refractivity contribution in [1.29, 1.82) is 0 Å². The number of nitrogens with zero attached hydrogens (tertiary/aromatic N) is 2. The Bertz CT molecular complexity index is 938. The molecule has 2 aromatic carbocycles. The van der Waals surface area contributed by atoms with Crippen LogP contribution in [-0.4, -0.2) is 52.2 Å². The van der Waals surface area contributed by atoms with Gasteiger partial charge in [-0.25, -0.2) is 8.42 Å². The van der Waals surface area contributed by atoms with Crippen molar-refractivity contribution in [3.63, 3.8) is 0 Å². The van der Waals surface area contributed by atoms with Crippen molar-refractivity contribution in [3.05, 3.63) is 65.2 Å². The number of amides is 1. The predicted molar refractivity (Wildman–Crippen MR) is 117 cm³/mol. The minimum atomic E-state index is -3.21. The van der Waals surface area contributed by atoms with Gasteiger partial charge in [0.05, 0.1) is 17.5 Å². The molecule has 2 aromatic rings. The number of nitrogens with one attached hydrogen (secondary N) is 1. The van der Waals surface area contributed by atoms with Crippen molar-refractivity contribution in [3.8, 4) is 0 Å². The smallest absolute Gasteiger partial charge is 0.251 e. The summed E-state index contributed by atoms with van der Waals surface area (Å²) < 4.78 is 25.5. The number of carbonyl (C=O) groups is 1. The first-order valence-electron chi connectivity index (χ1n) is 9.96. The molecule has 7 heteroatoms. The van der Waals surface area contributed by atoms with Crippen LogP contribution in [0.15, 0.2) is 48.5 Å². The maximum Gasteiger partial charge on any atom is 0.251 e. The van der Waals surface area contributed by atoms with Gasteiger partial charge in [-0.3, -0.25) is 9.10 Å². The van der Waals surface area contributed by atoms with E-state index in [-0.39, 0.29) is 17.7 Å². The first-order chi connectivity index (χ1) is 13.8. The summed E-state index contributed by atoms with van der Waals surface area (Å²) in [5.41, 5.74) is 3.57. The van der Waals surface area contributed by atoms with Gasteiger partial charge in [0.25, 0.3) is 5.91 Å². The third-order valence-corrected chi connectivity index (χ3v) is 7.24. The van der Waals surface area contributed by atoms with Crippen LogP contribution in [-0.2, 0) is 16.4 Å². The van der Waals surface area contributed by atoms with Crippen LogP contribution in [0, 0.1) is 0 Å². The Morgan fingerprint density at radius 1 is 1.10 bits per heavy atom. The van der Waals surface area contributed by atoms with E-state index < -0.39 is 10.0 Å². The van der Waals surface area contributed by atoms with Crippen molar-refractivity contribution in [2.45, 2.75) is 25.8 Å². The molecule has 1 aliphatic heterocycles. The van der Waals surface area contributed by atoms with Gasteiger partial charge >= 0.3 is 0 Å². The molecule has 29 heavy (non-hydrogen) atoms. The fraction of sp³-hybridized carbons (Fsp3) is 0.409. The van der Waals surface area contributed by atoms with Gasteiger partial charge in [0.2, 0.25) is 10.0 Å². The summed E-state index contributed by atoms with van der Waals surface area (Å²) in [5, 5.41) is 3.00. The number of hydrogen-bond donors (Lipinski definition) is 1. The summed E-state index contributed by atoms with van der Waals surface area (Å²) in [6.07, 6.45) is 1.63. The molecule has 1 N–H and O–H groups in total. The van der Waals surface area contributed by atoms with Gasteiger partial charge in [0.1, 0.15) is 0 Å². The molecule has 0 radical (unpaired) electrons. The Balaban J connectivity index is 1.65. The first-order valence-corrected chi connectivity index (χ1v) is 11.6. The van der Waals surface area contributed by atoms with Crippen LogP contribution < -0.4 is 9.62 Å². The van der Waals surface area contributed by atoms with Crippen molar-refractivity contribution in [2.75, 3.05) is 37.2 Å². The molecule has 1 aliphatic rings. The van der Waals surface area contributed by atoms with E-state index in [0.717, 1.165) is 12.0 Å². The number of benzene rings is 2. The van der Waals surface area contributed by atoms with Crippen molar-refractivity contribution >= 4 is 21.6 Å². The van der Waals surface area contributed by atoms with E-state index in [2.05, 4.69) is 41.4 Å². The summed E-state index contributed by atoms with van der Waals surface area (Å²) in [4.78, 5) is 14.7. The SMILES string of the molecule is CCc1ccc(C(CNC(=O)c2ccc(N3CCCS3(=O)=O)cc2)N(C)C)cc1. The highest BCUT2D eigenvalue weighted by Gasteiger charge is 2.28. The Hall–Kier alpha value is -2.38. The molecule has 0 aliphatic carbocycles. The van der Waals surface area contributed by atoms with Gasteiger partial charge in [-0.05, 0) is 62.3 Å². The predicted octanol–water partition coefficient (Wildman–Crippen LogP) is 2.82. The van der Waals surface area contributed by atoms with Crippen molar-refractivity contribution in [2.24, 2.45) is 0 Å². The number of aryl methyl sites for hydroxylation is 1. The van der Waals surface area contributed by atoms with Crippen LogP contribution in [0.3, 0.4) is 0 Å². The fourth-order valence-electron chi connectivity index (χ4n) is 3.57. The van der Waals surface area contributed by atoms with E-state index in [1.165, 1.54) is 9.87 Å². The molecule has 1 fully saturated rings. The zero-order chi connectivity index (χ0) is 21.0. The summed E-state index contributed by atoms with van der Waals surface area (Å²) in [6, 6.07) is 15.3. The zero-order valence-electron chi connectivity index (χ0n) is 17.3. The van der Waals surface area contributed by atoms with Crippen molar-refractivity contribution in [1.82, 2.24) is 10.2 Å². The second kappa shape index (κ2) is 8.97. The highest BCUT2D eigenvalue weighted by Crippen LogP contribution is 2.24. The van der Waals surface area contributed by atoms with Gasteiger partial charge in [-0.1, -0.05) is 31.2 Å². The molecule has 0 saturated carbocycles. The molecule has 1 amide bonds. The second-order valence-electron chi connectivity index (χ2n) is 7.57. The quantitative estimate of drug-likeness (QED) is 0.755. The topological polar surface area (TPSA) is 69.7 Å². The van der Waals surface area contributed by atoms with Gasteiger partial charge in [-0.2, -0.15) is 0 Å². The van der Waals surface area contributed by atoms with E-state index in [9.17, 15) is 13.2 Å². The Morgan fingerprint density at radius 2 is 1.76 bits per heavy atom. The monoisotopic (exact) mass is 415 g/mol. The lowest BCUT2D eigenvalue weighted by atomic mass is 10.0. The average molecular weight is 416 g/mol. The van der Waals surface area contributed by atoms with E-state index in [1.54, 1.807) is 24.3 Å². The number of likely N-dealkylation sites (N-methyl/N-ethyl adjacent to an activating group) is 1. The second-order valence-corrected chi connectivity index (χ2v) is 9.59. The Morgan fingerprint density at radius 3 is 2.28 bits per heavy atom. The number of rotatable bonds is 7. The molecule has 3 rings (SSSR count). The molecule has 1 heterocycles. The standard InChI is InChI=1S/C22H29N3O3S/c1-4-17-6-8-18(9-7-17)21(24(2)3)16-23-22(26)19-10-12-20(13-11-19)25-14-5-15-29(25,27)28/h6-13,21H,4-5,14-16H2,1-3H3,(H,23,26). The maximum atomic E-state index is 12.6. The summed E-state index contributed by atoms with van der Waals surface area (Å²) in [6.45, 7) is 3.11. The molecule has 6 nitrogen and oxygen atoms in total. The molecule has 0 spiro atoms. The first kappa shape index (κ1) is 21.3. The zero-order valence-corrected chi connectivity index (χ0v) is 18.1. The largest absolute Gasteiger partial charge is 0.350 e. The average Bonchev–Trinajstić information content (AvgIpc) is 3.07. The lowest BCUT2D eigenvalue weighted by molar-refractivity contribution is 0.0942. The van der Waals surface area contributed by atoms with Crippen LogP contribution in [0.1, 0.15) is 40.9 Å². The normalized spacial score (nSPS) is 16.8. The fourth-order valence-corrected chi connectivity index (χ4v) is 5.14. The van der Waals surface area contributed by atoms with Crippen LogP contribution in [0.2, 0.25) is 0 Å². The molecule has 0 aromatic heterocycles. The van der Waals surface area contributed by atoms with Gasteiger partial charge < -0.3 is 10.2 Å². The minimum Gasteiger partial charge on any atom is -0.350 e.